The predicted octanol–water partition coefficient (Wildman–Crippen LogP) is 5.27. The van der Waals surface area contributed by atoms with Crippen LogP contribution in [0.4, 0.5) is 4.39 Å². The van der Waals surface area contributed by atoms with Crippen molar-refractivity contribution in [1.82, 2.24) is 14.5 Å². The van der Waals surface area contributed by atoms with E-state index in [0.717, 1.165) is 37.8 Å². The maximum Gasteiger partial charge on any atom is 0.174 e. The number of Topliss-reactive ketones (excluding diaryl/α,β-unsaturated/α-hetero) is 1. The van der Waals surface area contributed by atoms with Crippen LogP contribution in [0.25, 0.3) is 10.2 Å². The zero-order valence-electron chi connectivity index (χ0n) is 15.5. The van der Waals surface area contributed by atoms with E-state index < -0.39 is 0 Å². The Bertz CT molecular complexity index is 1150. The molecule has 0 atom stereocenters. The monoisotopic (exact) mass is 411 g/mol. The van der Waals surface area contributed by atoms with Crippen LogP contribution in [0.5, 0.6) is 0 Å². The number of ketones is 1. The smallest absolute Gasteiger partial charge is 0.174 e. The van der Waals surface area contributed by atoms with Crippen LogP contribution < -0.4 is 0 Å². The fourth-order valence-corrected chi connectivity index (χ4v) is 5.01. The summed E-state index contributed by atoms with van der Waals surface area (Å²) < 4.78 is 16.2. The number of carbonyl (C=O) groups excluding carboxylic acids is 1. The molecular weight excluding hydrogens is 393 g/mol. The number of carbonyl (C=O) groups is 1. The van der Waals surface area contributed by atoms with Gasteiger partial charge in [0.2, 0.25) is 0 Å². The molecule has 142 valence electrons. The number of thioether (sulfide) groups is 1. The number of benzene rings is 1. The third kappa shape index (κ3) is 3.72. The molecule has 4 rings (SSSR count). The van der Waals surface area contributed by atoms with E-state index in [0.29, 0.717) is 12.3 Å². The van der Waals surface area contributed by atoms with Gasteiger partial charge in [0, 0.05) is 23.5 Å². The number of halogens is 1. The third-order valence-corrected chi connectivity index (χ3v) is 6.71. The van der Waals surface area contributed by atoms with Gasteiger partial charge in [0.15, 0.2) is 5.78 Å². The molecule has 28 heavy (non-hydrogen) atoms. The van der Waals surface area contributed by atoms with E-state index in [-0.39, 0.29) is 11.6 Å². The summed E-state index contributed by atoms with van der Waals surface area (Å²) in [5.41, 5.74) is 4.57. The first kappa shape index (κ1) is 18.8. The van der Waals surface area contributed by atoms with Crippen molar-refractivity contribution in [3.63, 3.8) is 0 Å². The molecule has 0 amide bonds. The highest BCUT2D eigenvalue weighted by atomic mass is 32.2. The largest absolute Gasteiger partial charge is 0.344 e. The summed E-state index contributed by atoms with van der Waals surface area (Å²) in [5.74, 6) is 0.152. The standard InChI is InChI=1S/C21H18FN3OS2/c1-13-9-17(14(2)25(13)10-15-3-5-16(22)6-4-15)19(26)11-28-21-20-18(7-8-27-20)23-12-24-21/h3-9,12H,10-11H2,1-2H3. The highest BCUT2D eigenvalue weighted by Crippen LogP contribution is 2.29. The van der Waals surface area contributed by atoms with Gasteiger partial charge in [-0.05, 0) is 49.1 Å². The van der Waals surface area contributed by atoms with E-state index in [4.69, 9.17) is 0 Å². The minimum absolute atomic E-state index is 0.0757. The van der Waals surface area contributed by atoms with Gasteiger partial charge in [0.1, 0.15) is 17.2 Å². The van der Waals surface area contributed by atoms with Gasteiger partial charge in [-0.15, -0.1) is 11.3 Å². The van der Waals surface area contributed by atoms with Crippen molar-refractivity contribution in [2.45, 2.75) is 25.4 Å². The molecule has 0 saturated carbocycles. The first-order chi connectivity index (χ1) is 13.5. The van der Waals surface area contributed by atoms with E-state index in [2.05, 4.69) is 14.5 Å². The first-order valence-corrected chi connectivity index (χ1v) is 10.6. The molecule has 0 spiro atoms. The lowest BCUT2D eigenvalue weighted by Crippen LogP contribution is -2.07. The second-order valence-corrected chi connectivity index (χ2v) is 8.40. The summed E-state index contributed by atoms with van der Waals surface area (Å²) in [6, 6.07) is 10.3. The molecule has 0 aliphatic carbocycles. The molecule has 0 saturated heterocycles. The zero-order valence-corrected chi connectivity index (χ0v) is 17.1. The summed E-state index contributed by atoms with van der Waals surface area (Å²) in [6.07, 6.45) is 1.54. The number of fused-ring (bicyclic) bond motifs is 1. The first-order valence-electron chi connectivity index (χ1n) is 8.78. The average Bonchev–Trinajstić information content (AvgIpc) is 3.28. The van der Waals surface area contributed by atoms with Crippen molar-refractivity contribution in [1.29, 1.82) is 0 Å². The fourth-order valence-electron chi connectivity index (χ4n) is 3.18. The highest BCUT2D eigenvalue weighted by molar-refractivity contribution is 8.00. The van der Waals surface area contributed by atoms with Crippen LogP contribution >= 0.6 is 23.1 Å². The molecule has 7 heteroatoms. The Morgan fingerprint density at radius 3 is 2.75 bits per heavy atom. The number of hydrogen-bond acceptors (Lipinski definition) is 5. The van der Waals surface area contributed by atoms with Crippen LogP contribution in [0.15, 0.2) is 53.1 Å². The van der Waals surface area contributed by atoms with Crippen LogP contribution in [0.1, 0.15) is 27.3 Å². The lowest BCUT2D eigenvalue weighted by Gasteiger charge is -2.10. The van der Waals surface area contributed by atoms with E-state index in [1.54, 1.807) is 23.5 Å². The third-order valence-electron chi connectivity index (χ3n) is 4.68. The van der Waals surface area contributed by atoms with Crippen molar-refractivity contribution < 1.29 is 9.18 Å². The van der Waals surface area contributed by atoms with E-state index in [1.165, 1.54) is 30.2 Å². The van der Waals surface area contributed by atoms with Gasteiger partial charge in [0.05, 0.1) is 16.0 Å². The van der Waals surface area contributed by atoms with Gasteiger partial charge in [-0.25, -0.2) is 14.4 Å². The Hall–Kier alpha value is -2.51. The van der Waals surface area contributed by atoms with Crippen LogP contribution in [-0.4, -0.2) is 26.1 Å². The minimum Gasteiger partial charge on any atom is -0.344 e. The molecule has 0 fully saturated rings. The second kappa shape index (κ2) is 7.85. The molecule has 3 heterocycles. The lowest BCUT2D eigenvalue weighted by molar-refractivity contribution is 0.102. The van der Waals surface area contributed by atoms with Crippen molar-refractivity contribution in [3.8, 4) is 0 Å². The van der Waals surface area contributed by atoms with Crippen molar-refractivity contribution in [2.24, 2.45) is 0 Å². The quantitative estimate of drug-likeness (QED) is 0.246. The molecule has 4 aromatic rings. The summed E-state index contributed by atoms with van der Waals surface area (Å²) in [7, 11) is 0. The Balaban J connectivity index is 1.51. The number of nitrogens with zero attached hydrogens (tertiary/aromatic N) is 3. The SMILES string of the molecule is Cc1cc(C(=O)CSc2ncnc3ccsc23)c(C)n1Cc1ccc(F)cc1. The van der Waals surface area contributed by atoms with Crippen LogP contribution in [0, 0.1) is 19.7 Å². The zero-order chi connectivity index (χ0) is 19.7. The number of aromatic nitrogens is 3. The van der Waals surface area contributed by atoms with Crippen LogP contribution in [-0.2, 0) is 6.54 Å². The highest BCUT2D eigenvalue weighted by Gasteiger charge is 2.17. The van der Waals surface area contributed by atoms with E-state index in [1.807, 2.05) is 31.4 Å². The Morgan fingerprint density at radius 1 is 1.18 bits per heavy atom. The van der Waals surface area contributed by atoms with Crippen molar-refractivity contribution in [2.75, 3.05) is 5.75 Å². The molecular formula is C21H18FN3OS2. The van der Waals surface area contributed by atoms with Gasteiger partial charge >= 0.3 is 0 Å². The number of thiophene rings is 1. The van der Waals surface area contributed by atoms with E-state index in [9.17, 15) is 9.18 Å². The molecule has 0 bridgehead atoms. The van der Waals surface area contributed by atoms with Crippen LogP contribution in [0.3, 0.4) is 0 Å². The predicted molar refractivity (Wildman–Crippen MR) is 112 cm³/mol. The van der Waals surface area contributed by atoms with Gasteiger partial charge < -0.3 is 4.57 Å². The normalized spacial score (nSPS) is 11.2. The van der Waals surface area contributed by atoms with Crippen molar-refractivity contribution in [3.05, 3.63) is 76.4 Å². The maximum atomic E-state index is 13.1. The number of rotatable bonds is 6. The van der Waals surface area contributed by atoms with Gasteiger partial charge in [-0.3, -0.25) is 4.79 Å². The molecule has 0 aliphatic heterocycles. The van der Waals surface area contributed by atoms with E-state index >= 15 is 0 Å². The molecule has 4 nitrogen and oxygen atoms in total. The Morgan fingerprint density at radius 2 is 1.96 bits per heavy atom. The molecule has 0 radical (unpaired) electrons. The van der Waals surface area contributed by atoms with Gasteiger partial charge in [0.25, 0.3) is 0 Å². The summed E-state index contributed by atoms with van der Waals surface area (Å²) in [6.45, 7) is 4.55. The Labute approximate surface area is 170 Å². The maximum absolute atomic E-state index is 13.1. The minimum atomic E-state index is -0.248. The molecule has 1 aromatic carbocycles. The molecule has 3 aromatic heterocycles. The number of hydrogen-bond donors (Lipinski definition) is 0. The lowest BCUT2D eigenvalue weighted by atomic mass is 10.2. The topological polar surface area (TPSA) is 47.8 Å². The molecule has 0 unspecified atom stereocenters. The molecule has 0 N–H and O–H groups in total. The number of aryl methyl sites for hydroxylation is 1. The summed E-state index contributed by atoms with van der Waals surface area (Å²) in [5, 5.41) is 2.82. The average molecular weight is 412 g/mol. The summed E-state index contributed by atoms with van der Waals surface area (Å²) in [4.78, 5) is 21.4. The second-order valence-electron chi connectivity index (χ2n) is 6.52. The van der Waals surface area contributed by atoms with Gasteiger partial charge in [-0.1, -0.05) is 23.9 Å². The fraction of sp³-hybridized carbons (Fsp3) is 0.190. The Kier molecular flexibility index (Phi) is 5.28. The van der Waals surface area contributed by atoms with Crippen molar-refractivity contribution >= 4 is 39.1 Å². The summed E-state index contributed by atoms with van der Waals surface area (Å²) >= 11 is 3.03. The van der Waals surface area contributed by atoms with Gasteiger partial charge in [-0.2, -0.15) is 0 Å². The molecule has 0 aliphatic rings. The van der Waals surface area contributed by atoms with Crippen LogP contribution in [0.2, 0.25) is 0 Å².